The van der Waals surface area contributed by atoms with E-state index in [4.69, 9.17) is 0 Å². The van der Waals surface area contributed by atoms with Crippen LogP contribution in [0, 0.1) is 23.7 Å². The van der Waals surface area contributed by atoms with E-state index in [0.717, 1.165) is 23.7 Å². The van der Waals surface area contributed by atoms with E-state index in [0.29, 0.717) is 0 Å². The third-order valence-corrected chi connectivity index (χ3v) is 4.00. The first kappa shape index (κ1) is 9.51. The van der Waals surface area contributed by atoms with Crippen LogP contribution in [0.3, 0.4) is 0 Å². The molecule has 3 atom stereocenters. The Morgan fingerprint density at radius 3 is 2.54 bits per heavy atom. The van der Waals surface area contributed by atoms with Gasteiger partial charge in [-0.05, 0) is 62.9 Å². The van der Waals surface area contributed by atoms with Gasteiger partial charge < -0.3 is 5.32 Å². The van der Waals surface area contributed by atoms with Crippen LogP contribution in [0.2, 0.25) is 0 Å². The minimum absolute atomic E-state index is 0.994. The fraction of sp³-hybridized carbons (Fsp3) is 1.00. The van der Waals surface area contributed by atoms with Gasteiger partial charge in [-0.25, -0.2) is 0 Å². The van der Waals surface area contributed by atoms with E-state index < -0.39 is 0 Å². The van der Waals surface area contributed by atoms with E-state index in [1.165, 1.54) is 38.6 Å². The van der Waals surface area contributed by atoms with Gasteiger partial charge >= 0.3 is 0 Å². The van der Waals surface area contributed by atoms with Crippen LogP contribution < -0.4 is 5.32 Å². The molecule has 2 fully saturated rings. The molecule has 1 N–H and O–H groups in total. The number of rotatable bonds is 3. The van der Waals surface area contributed by atoms with Gasteiger partial charge in [0.1, 0.15) is 0 Å². The van der Waals surface area contributed by atoms with Gasteiger partial charge in [-0.1, -0.05) is 13.3 Å². The van der Waals surface area contributed by atoms with E-state index in [1.807, 2.05) is 0 Å². The molecular formula is C12H23N. The predicted octanol–water partition coefficient (Wildman–Crippen LogP) is 2.67. The van der Waals surface area contributed by atoms with Crippen molar-refractivity contribution in [3.63, 3.8) is 0 Å². The van der Waals surface area contributed by atoms with Crippen molar-refractivity contribution in [2.24, 2.45) is 23.7 Å². The highest BCUT2D eigenvalue weighted by Crippen LogP contribution is 2.47. The Morgan fingerprint density at radius 2 is 1.92 bits per heavy atom. The van der Waals surface area contributed by atoms with Crippen molar-refractivity contribution in [3.8, 4) is 0 Å². The van der Waals surface area contributed by atoms with Gasteiger partial charge in [0.05, 0.1) is 0 Å². The summed E-state index contributed by atoms with van der Waals surface area (Å²) in [7, 11) is 2.10. The summed E-state index contributed by atoms with van der Waals surface area (Å²) in [5.41, 5.74) is 0. The Kier molecular flexibility index (Phi) is 2.92. The van der Waals surface area contributed by atoms with E-state index >= 15 is 0 Å². The van der Waals surface area contributed by atoms with E-state index in [-0.39, 0.29) is 0 Å². The van der Waals surface area contributed by atoms with E-state index in [9.17, 15) is 0 Å². The maximum Gasteiger partial charge on any atom is -0.00208 e. The summed E-state index contributed by atoms with van der Waals surface area (Å²) in [6.07, 6.45) is 7.50. The van der Waals surface area contributed by atoms with E-state index in [1.54, 1.807) is 0 Å². The molecule has 13 heavy (non-hydrogen) atoms. The van der Waals surface area contributed by atoms with Crippen LogP contribution >= 0.6 is 0 Å². The van der Waals surface area contributed by atoms with Gasteiger partial charge in [-0.3, -0.25) is 0 Å². The molecule has 2 saturated carbocycles. The first-order valence-electron chi connectivity index (χ1n) is 5.96. The van der Waals surface area contributed by atoms with Gasteiger partial charge in [0.25, 0.3) is 0 Å². The summed E-state index contributed by atoms with van der Waals surface area (Å²) in [4.78, 5) is 0. The molecule has 0 bridgehead atoms. The maximum atomic E-state index is 3.36. The van der Waals surface area contributed by atoms with Crippen molar-refractivity contribution in [1.82, 2.24) is 5.32 Å². The normalized spacial score (nSPS) is 40.6. The lowest BCUT2D eigenvalue weighted by molar-refractivity contribution is 0.165. The molecule has 0 heterocycles. The Bertz CT molecular complexity index is 163. The predicted molar refractivity (Wildman–Crippen MR) is 56.6 cm³/mol. The molecule has 0 aliphatic heterocycles. The summed E-state index contributed by atoms with van der Waals surface area (Å²) < 4.78 is 0. The van der Waals surface area contributed by atoms with Gasteiger partial charge in [0.2, 0.25) is 0 Å². The molecule has 1 heteroatoms. The average molecular weight is 181 g/mol. The van der Waals surface area contributed by atoms with Crippen LogP contribution in [0.15, 0.2) is 0 Å². The third kappa shape index (κ3) is 2.25. The van der Waals surface area contributed by atoms with E-state index in [2.05, 4.69) is 19.3 Å². The molecule has 0 aromatic rings. The molecule has 2 aliphatic carbocycles. The molecule has 0 saturated heterocycles. The monoisotopic (exact) mass is 181 g/mol. The minimum Gasteiger partial charge on any atom is -0.319 e. The highest BCUT2D eigenvalue weighted by molar-refractivity contribution is 4.90. The fourth-order valence-corrected chi connectivity index (χ4v) is 3.10. The van der Waals surface area contributed by atoms with Crippen molar-refractivity contribution < 1.29 is 0 Å². The fourth-order valence-electron chi connectivity index (χ4n) is 3.10. The molecule has 1 nitrogen and oxygen atoms in total. The summed E-state index contributed by atoms with van der Waals surface area (Å²) in [6, 6.07) is 0. The highest BCUT2D eigenvalue weighted by atomic mass is 14.8. The Balaban J connectivity index is 1.90. The third-order valence-electron chi connectivity index (χ3n) is 4.00. The summed E-state index contributed by atoms with van der Waals surface area (Å²) in [6.45, 7) is 3.69. The van der Waals surface area contributed by atoms with Crippen LogP contribution in [-0.4, -0.2) is 13.6 Å². The Hall–Kier alpha value is -0.0400. The summed E-state index contributed by atoms with van der Waals surface area (Å²) in [5, 5.41) is 3.36. The van der Waals surface area contributed by atoms with Crippen molar-refractivity contribution >= 4 is 0 Å². The smallest absolute Gasteiger partial charge is 0.00208 e. The Labute approximate surface area is 82.3 Å². The quantitative estimate of drug-likeness (QED) is 0.706. The Morgan fingerprint density at radius 1 is 1.15 bits per heavy atom. The highest BCUT2D eigenvalue weighted by Gasteiger charge is 2.38. The molecule has 0 aromatic carbocycles. The van der Waals surface area contributed by atoms with Crippen LogP contribution in [0.25, 0.3) is 0 Å². The van der Waals surface area contributed by atoms with Crippen molar-refractivity contribution in [1.29, 1.82) is 0 Å². The zero-order valence-electron chi connectivity index (χ0n) is 9.05. The minimum atomic E-state index is 0.994. The number of nitrogens with one attached hydrogen (secondary N) is 1. The lowest BCUT2D eigenvalue weighted by Crippen LogP contribution is -2.32. The van der Waals surface area contributed by atoms with Crippen molar-refractivity contribution in [2.45, 2.75) is 39.0 Å². The summed E-state index contributed by atoms with van der Waals surface area (Å²) in [5.74, 6) is 4.17. The zero-order chi connectivity index (χ0) is 9.26. The van der Waals surface area contributed by atoms with Gasteiger partial charge in [-0.15, -0.1) is 0 Å². The zero-order valence-corrected chi connectivity index (χ0v) is 9.05. The molecular weight excluding hydrogens is 158 g/mol. The number of hydrogen-bond acceptors (Lipinski definition) is 1. The molecule has 2 aliphatic rings. The first-order chi connectivity index (χ1) is 6.31. The molecule has 0 radical (unpaired) electrons. The van der Waals surface area contributed by atoms with Crippen LogP contribution in [0.1, 0.15) is 39.0 Å². The first-order valence-corrected chi connectivity index (χ1v) is 5.96. The lowest BCUT2D eigenvalue weighted by Gasteiger charge is -2.35. The molecule has 0 spiro atoms. The average Bonchev–Trinajstić information content (AvgIpc) is 2.91. The van der Waals surface area contributed by atoms with Crippen LogP contribution in [0.5, 0.6) is 0 Å². The second-order valence-corrected chi connectivity index (χ2v) is 5.24. The SMILES string of the molecule is CNCC1CCC(C)CC1C1CC1. The molecule has 3 unspecified atom stereocenters. The van der Waals surface area contributed by atoms with Crippen molar-refractivity contribution in [3.05, 3.63) is 0 Å². The van der Waals surface area contributed by atoms with Crippen molar-refractivity contribution in [2.75, 3.05) is 13.6 Å². The second-order valence-electron chi connectivity index (χ2n) is 5.24. The molecule has 0 amide bonds. The van der Waals surface area contributed by atoms with Gasteiger partial charge in [0, 0.05) is 0 Å². The largest absolute Gasteiger partial charge is 0.319 e. The molecule has 76 valence electrons. The van der Waals surface area contributed by atoms with Gasteiger partial charge in [0.15, 0.2) is 0 Å². The summed E-state index contributed by atoms with van der Waals surface area (Å²) >= 11 is 0. The molecule has 2 rings (SSSR count). The lowest BCUT2D eigenvalue weighted by atomic mass is 9.72. The topological polar surface area (TPSA) is 12.0 Å². The molecule has 0 aromatic heterocycles. The number of hydrogen-bond donors (Lipinski definition) is 1. The standard InChI is InChI=1S/C12H23N/c1-9-3-4-11(8-13-2)12(7-9)10-5-6-10/h9-13H,3-8H2,1-2H3. The van der Waals surface area contributed by atoms with Gasteiger partial charge in [-0.2, -0.15) is 0 Å². The van der Waals surface area contributed by atoms with Crippen LogP contribution in [-0.2, 0) is 0 Å². The maximum absolute atomic E-state index is 3.36. The van der Waals surface area contributed by atoms with Crippen LogP contribution in [0.4, 0.5) is 0 Å². The second kappa shape index (κ2) is 4.00.